The van der Waals surface area contributed by atoms with Crippen LogP contribution < -0.4 is 5.32 Å². The summed E-state index contributed by atoms with van der Waals surface area (Å²) >= 11 is 1.26. The third kappa shape index (κ3) is 3.79. The van der Waals surface area contributed by atoms with Gasteiger partial charge in [-0.1, -0.05) is 0 Å². The number of amides is 1. The van der Waals surface area contributed by atoms with Crippen molar-refractivity contribution in [2.45, 2.75) is 19.9 Å². The van der Waals surface area contributed by atoms with Crippen LogP contribution in [0.5, 0.6) is 0 Å². The van der Waals surface area contributed by atoms with Crippen molar-refractivity contribution in [1.29, 1.82) is 0 Å². The van der Waals surface area contributed by atoms with E-state index in [0.29, 0.717) is 16.1 Å². The molecule has 0 fully saturated rings. The Labute approximate surface area is 125 Å². The van der Waals surface area contributed by atoms with Crippen molar-refractivity contribution in [2.75, 3.05) is 5.32 Å². The first-order chi connectivity index (χ1) is 9.97. The van der Waals surface area contributed by atoms with Crippen LogP contribution in [-0.2, 0) is 4.79 Å². The molecule has 7 heteroatoms. The average molecular weight is 305 g/mol. The lowest BCUT2D eigenvalue weighted by Gasteiger charge is -2.04. The SMILES string of the molecule is CC(C)n1cc(NC(=O)c2sccc2C=CC(=O)O)cn1. The molecule has 21 heavy (non-hydrogen) atoms. The molecule has 2 N–H and O–H groups in total. The number of carbonyl (C=O) groups is 2. The fourth-order valence-corrected chi connectivity index (χ4v) is 2.45. The highest BCUT2D eigenvalue weighted by Crippen LogP contribution is 2.20. The molecule has 0 saturated heterocycles. The third-order valence-corrected chi connectivity index (χ3v) is 3.62. The molecule has 2 aromatic heterocycles. The zero-order valence-corrected chi connectivity index (χ0v) is 12.4. The average Bonchev–Trinajstić information content (AvgIpc) is 3.04. The zero-order valence-electron chi connectivity index (χ0n) is 11.6. The molecule has 2 heterocycles. The van der Waals surface area contributed by atoms with E-state index in [4.69, 9.17) is 5.11 Å². The van der Waals surface area contributed by atoms with Gasteiger partial charge in [-0.15, -0.1) is 11.3 Å². The number of aliphatic carboxylic acids is 1. The van der Waals surface area contributed by atoms with Gasteiger partial charge in [0.25, 0.3) is 5.91 Å². The smallest absolute Gasteiger partial charge is 0.328 e. The second-order valence-electron chi connectivity index (χ2n) is 4.63. The van der Waals surface area contributed by atoms with Crippen molar-refractivity contribution in [1.82, 2.24) is 9.78 Å². The fraction of sp³-hybridized carbons (Fsp3) is 0.214. The van der Waals surface area contributed by atoms with Crippen molar-refractivity contribution in [2.24, 2.45) is 0 Å². The summed E-state index contributed by atoms with van der Waals surface area (Å²) in [5.74, 6) is -1.33. The molecule has 110 valence electrons. The number of hydrogen-bond acceptors (Lipinski definition) is 4. The summed E-state index contributed by atoms with van der Waals surface area (Å²) in [5, 5.41) is 17.3. The summed E-state index contributed by atoms with van der Waals surface area (Å²) in [5.41, 5.74) is 1.19. The second kappa shape index (κ2) is 6.36. The van der Waals surface area contributed by atoms with Gasteiger partial charge in [-0.25, -0.2) is 4.79 Å². The summed E-state index contributed by atoms with van der Waals surface area (Å²) in [4.78, 5) is 23.2. The van der Waals surface area contributed by atoms with E-state index in [2.05, 4.69) is 10.4 Å². The number of anilines is 1. The van der Waals surface area contributed by atoms with E-state index in [-0.39, 0.29) is 11.9 Å². The van der Waals surface area contributed by atoms with Gasteiger partial charge in [0.15, 0.2) is 0 Å². The van der Waals surface area contributed by atoms with Crippen molar-refractivity contribution in [3.05, 3.63) is 40.4 Å². The molecule has 2 aromatic rings. The summed E-state index contributed by atoms with van der Waals surface area (Å²) < 4.78 is 1.75. The number of aromatic nitrogens is 2. The molecule has 0 aliphatic carbocycles. The zero-order chi connectivity index (χ0) is 15.4. The Morgan fingerprint density at radius 2 is 2.24 bits per heavy atom. The number of nitrogens with zero attached hydrogens (tertiary/aromatic N) is 2. The Hall–Kier alpha value is -2.41. The molecule has 0 unspecified atom stereocenters. The summed E-state index contributed by atoms with van der Waals surface area (Å²) in [6.45, 7) is 3.99. The molecule has 0 aromatic carbocycles. The number of nitrogens with one attached hydrogen (secondary N) is 1. The van der Waals surface area contributed by atoms with Crippen LogP contribution in [0.3, 0.4) is 0 Å². The van der Waals surface area contributed by atoms with Gasteiger partial charge in [-0.2, -0.15) is 5.10 Å². The quantitative estimate of drug-likeness (QED) is 0.832. The number of thiophene rings is 1. The summed E-state index contributed by atoms with van der Waals surface area (Å²) in [6.07, 6.45) is 5.75. The Kier molecular flexibility index (Phi) is 4.54. The normalized spacial score (nSPS) is 11.2. The van der Waals surface area contributed by atoms with Crippen molar-refractivity contribution < 1.29 is 14.7 Å². The Morgan fingerprint density at radius 1 is 1.48 bits per heavy atom. The number of rotatable bonds is 5. The molecule has 0 saturated carbocycles. The predicted molar refractivity (Wildman–Crippen MR) is 81.6 cm³/mol. The van der Waals surface area contributed by atoms with E-state index in [0.717, 1.165) is 6.08 Å². The topological polar surface area (TPSA) is 84.2 Å². The van der Waals surface area contributed by atoms with Gasteiger partial charge < -0.3 is 10.4 Å². The molecule has 0 bridgehead atoms. The van der Waals surface area contributed by atoms with Crippen LogP contribution in [-0.4, -0.2) is 26.8 Å². The lowest BCUT2D eigenvalue weighted by molar-refractivity contribution is -0.131. The first-order valence-corrected chi connectivity index (χ1v) is 7.19. The van der Waals surface area contributed by atoms with E-state index in [1.54, 1.807) is 28.5 Å². The fourth-order valence-electron chi connectivity index (χ4n) is 1.67. The summed E-state index contributed by atoms with van der Waals surface area (Å²) in [6, 6.07) is 1.92. The Morgan fingerprint density at radius 3 is 2.86 bits per heavy atom. The van der Waals surface area contributed by atoms with E-state index in [1.165, 1.54) is 17.4 Å². The lowest BCUT2D eigenvalue weighted by Crippen LogP contribution is -2.11. The number of carbonyl (C=O) groups excluding carboxylic acids is 1. The summed E-state index contributed by atoms with van der Waals surface area (Å²) in [7, 11) is 0. The highest BCUT2D eigenvalue weighted by molar-refractivity contribution is 7.12. The number of hydrogen-bond donors (Lipinski definition) is 2. The largest absolute Gasteiger partial charge is 0.478 e. The van der Waals surface area contributed by atoms with Crippen molar-refractivity contribution >= 4 is 35.0 Å². The first-order valence-electron chi connectivity index (χ1n) is 6.31. The van der Waals surface area contributed by atoms with Crippen molar-refractivity contribution in [3.8, 4) is 0 Å². The Balaban J connectivity index is 2.13. The molecule has 0 aliphatic heterocycles. The van der Waals surface area contributed by atoms with Gasteiger partial charge in [-0.3, -0.25) is 9.48 Å². The van der Waals surface area contributed by atoms with E-state index < -0.39 is 5.97 Å². The molecule has 0 atom stereocenters. The molecule has 0 radical (unpaired) electrons. The van der Waals surface area contributed by atoms with Crippen LogP contribution in [0, 0.1) is 0 Å². The maximum Gasteiger partial charge on any atom is 0.328 e. The predicted octanol–water partition coefficient (Wildman–Crippen LogP) is 2.88. The van der Waals surface area contributed by atoms with Crippen LogP contribution in [0.25, 0.3) is 6.08 Å². The third-order valence-electron chi connectivity index (χ3n) is 2.70. The standard InChI is InChI=1S/C14H15N3O3S/c1-9(2)17-8-11(7-15-17)16-14(20)13-10(5-6-21-13)3-4-12(18)19/h3-9H,1-2H3,(H,16,20)(H,18,19). The van der Waals surface area contributed by atoms with E-state index in [1.807, 2.05) is 13.8 Å². The number of carboxylic acid groups (broad SMARTS) is 1. The molecular formula is C14H15N3O3S. The van der Waals surface area contributed by atoms with Gasteiger partial charge >= 0.3 is 5.97 Å². The molecule has 0 spiro atoms. The minimum absolute atomic E-state index is 0.214. The highest BCUT2D eigenvalue weighted by Gasteiger charge is 2.13. The minimum Gasteiger partial charge on any atom is -0.478 e. The van der Waals surface area contributed by atoms with E-state index in [9.17, 15) is 9.59 Å². The van der Waals surface area contributed by atoms with Crippen molar-refractivity contribution in [3.63, 3.8) is 0 Å². The van der Waals surface area contributed by atoms with Crippen LogP contribution in [0.2, 0.25) is 0 Å². The monoisotopic (exact) mass is 305 g/mol. The molecule has 2 rings (SSSR count). The molecular weight excluding hydrogens is 290 g/mol. The maximum absolute atomic E-state index is 12.2. The van der Waals surface area contributed by atoms with Crippen LogP contribution in [0.1, 0.15) is 35.1 Å². The first kappa shape index (κ1) is 15.0. The highest BCUT2D eigenvalue weighted by atomic mass is 32.1. The van der Waals surface area contributed by atoms with Gasteiger partial charge in [0.2, 0.25) is 0 Å². The lowest BCUT2D eigenvalue weighted by atomic mass is 10.2. The molecule has 1 amide bonds. The van der Waals surface area contributed by atoms with Gasteiger partial charge in [-0.05, 0) is 36.9 Å². The van der Waals surface area contributed by atoms with Crippen LogP contribution >= 0.6 is 11.3 Å². The van der Waals surface area contributed by atoms with Gasteiger partial charge in [0.05, 0.1) is 16.8 Å². The van der Waals surface area contributed by atoms with Crippen LogP contribution in [0.15, 0.2) is 29.9 Å². The Bertz CT molecular complexity index is 685. The maximum atomic E-state index is 12.2. The second-order valence-corrected chi connectivity index (χ2v) is 5.55. The van der Waals surface area contributed by atoms with Crippen LogP contribution in [0.4, 0.5) is 5.69 Å². The minimum atomic E-state index is -1.05. The van der Waals surface area contributed by atoms with Gasteiger partial charge in [0.1, 0.15) is 0 Å². The molecule has 6 nitrogen and oxygen atoms in total. The molecule has 0 aliphatic rings. The van der Waals surface area contributed by atoms with Gasteiger partial charge in [0, 0.05) is 18.3 Å². The number of carboxylic acids is 1. The van der Waals surface area contributed by atoms with E-state index >= 15 is 0 Å².